The molecule has 1 unspecified atom stereocenters. The quantitative estimate of drug-likeness (QED) is 0.868. The van der Waals surface area contributed by atoms with Gasteiger partial charge in [-0.3, -0.25) is 4.79 Å². The Morgan fingerprint density at radius 2 is 2.32 bits per heavy atom. The fourth-order valence-corrected chi connectivity index (χ4v) is 2.68. The van der Waals surface area contributed by atoms with Crippen LogP contribution in [0, 0.1) is 5.82 Å². The van der Waals surface area contributed by atoms with Crippen molar-refractivity contribution in [3.8, 4) is 0 Å². The molecule has 2 rings (SSSR count). The molecule has 5 heteroatoms. The first-order chi connectivity index (χ1) is 9.19. The van der Waals surface area contributed by atoms with Crippen molar-refractivity contribution in [2.75, 3.05) is 18.5 Å². The average molecular weight is 265 g/mol. The molecule has 0 aromatic heterocycles. The van der Waals surface area contributed by atoms with Gasteiger partial charge in [-0.15, -0.1) is 0 Å². The third-order valence-corrected chi connectivity index (χ3v) is 3.66. The van der Waals surface area contributed by atoms with E-state index < -0.39 is 0 Å². The summed E-state index contributed by atoms with van der Waals surface area (Å²) >= 11 is 0. The van der Waals surface area contributed by atoms with Crippen LogP contribution in [0.4, 0.5) is 10.1 Å². The van der Waals surface area contributed by atoms with Gasteiger partial charge in [-0.25, -0.2) is 4.39 Å². The number of amides is 1. The van der Waals surface area contributed by atoms with E-state index in [4.69, 9.17) is 5.73 Å². The monoisotopic (exact) mass is 265 g/mol. The van der Waals surface area contributed by atoms with E-state index in [9.17, 15) is 9.18 Å². The largest absolute Gasteiger partial charge is 0.359 e. The minimum atomic E-state index is -0.304. The summed E-state index contributed by atoms with van der Waals surface area (Å²) in [6, 6.07) is 4.68. The van der Waals surface area contributed by atoms with Gasteiger partial charge in [0.1, 0.15) is 11.9 Å². The van der Waals surface area contributed by atoms with Crippen LogP contribution in [0.1, 0.15) is 24.8 Å². The van der Waals surface area contributed by atoms with E-state index in [2.05, 4.69) is 5.32 Å². The van der Waals surface area contributed by atoms with Gasteiger partial charge in [0.15, 0.2) is 0 Å². The van der Waals surface area contributed by atoms with Crippen molar-refractivity contribution in [3.05, 3.63) is 29.6 Å². The molecule has 1 aromatic rings. The highest BCUT2D eigenvalue weighted by molar-refractivity contribution is 5.85. The summed E-state index contributed by atoms with van der Waals surface area (Å²) in [6.07, 6.45) is 2.82. The molecule has 1 aliphatic rings. The van der Waals surface area contributed by atoms with Crippen molar-refractivity contribution in [3.63, 3.8) is 0 Å². The van der Waals surface area contributed by atoms with E-state index in [1.807, 2.05) is 11.0 Å². The van der Waals surface area contributed by atoms with E-state index in [1.54, 1.807) is 13.1 Å². The first-order valence-electron chi connectivity index (χ1n) is 6.64. The smallest absolute Gasteiger partial charge is 0.242 e. The molecule has 4 nitrogen and oxygen atoms in total. The molecule has 1 fully saturated rings. The first-order valence-corrected chi connectivity index (χ1v) is 6.64. The minimum absolute atomic E-state index is 0.0214. The number of nitrogens with two attached hydrogens (primary N) is 1. The molecule has 19 heavy (non-hydrogen) atoms. The van der Waals surface area contributed by atoms with Gasteiger partial charge in [-0.05, 0) is 31.4 Å². The second-order valence-electron chi connectivity index (χ2n) is 4.76. The Morgan fingerprint density at radius 1 is 1.53 bits per heavy atom. The molecule has 0 saturated carbocycles. The summed E-state index contributed by atoms with van der Waals surface area (Å²) in [5.41, 5.74) is 6.88. The van der Waals surface area contributed by atoms with Crippen LogP contribution < -0.4 is 16.0 Å². The van der Waals surface area contributed by atoms with Crippen LogP contribution in [0.3, 0.4) is 0 Å². The summed E-state index contributed by atoms with van der Waals surface area (Å²) in [5.74, 6) is -0.326. The number of hydrogen-bond acceptors (Lipinski definition) is 3. The summed E-state index contributed by atoms with van der Waals surface area (Å²) in [5, 5.41) is 2.68. The Morgan fingerprint density at radius 3 is 3.00 bits per heavy atom. The van der Waals surface area contributed by atoms with E-state index in [1.165, 1.54) is 6.07 Å². The molecule has 0 aliphatic carbocycles. The number of rotatable bonds is 3. The SMILES string of the molecule is CNC(=O)C1CCCCN1c1cccc(F)c1CN. The van der Waals surface area contributed by atoms with Crippen molar-refractivity contribution < 1.29 is 9.18 Å². The molecular formula is C14H20FN3O. The van der Waals surface area contributed by atoms with Gasteiger partial charge in [0.2, 0.25) is 5.91 Å². The lowest BCUT2D eigenvalue weighted by molar-refractivity contribution is -0.122. The van der Waals surface area contributed by atoms with E-state index in [0.29, 0.717) is 5.56 Å². The fourth-order valence-electron chi connectivity index (χ4n) is 2.68. The first kappa shape index (κ1) is 13.8. The van der Waals surface area contributed by atoms with Crippen molar-refractivity contribution in [2.45, 2.75) is 31.8 Å². The lowest BCUT2D eigenvalue weighted by Gasteiger charge is -2.37. The molecule has 1 saturated heterocycles. The van der Waals surface area contributed by atoms with Gasteiger partial charge in [-0.2, -0.15) is 0 Å². The molecule has 3 N–H and O–H groups in total. The zero-order valence-electron chi connectivity index (χ0n) is 11.2. The zero-order chi connectivity index (χ0) is 13.8. The Bertz CT molecular complexity index is 464. The van der Waals surface area contributed by atoms with E-state index in [0.717, 1.165) is 31.5 Å². The number of anilines is 1. The maximum Gasteiger partial charge on any atom is 0.242 e. The molecule has 1 amide bonds. The van der Waals surface area contributed by atoms with Crippen LogP contribution in [0.2, 0.25) is 0 Å². The molecule has 0 radical (unpaired) electrons. The summed E-state index contributed by atoms with van der Waals surface area (Å²) in [7, 11) is 1.63. The van der Waals surface area contributed by atoms with Crippen LogP contribution in [0.25, 0.3) is 0 Å². The maximum absolute atomic E-state index is 13.8. The topological polar surface area (TPSA) is 58.4 Å². The molecule has 1 atom stereocenters. The number of hydrogen-bond donors (Lipinski definition) is 2. The molecule has 0 bridgehead atoms. The lowest BCUT2D eigenvalue weighted by atomic mass is 9.99. The van der Waals surface area contributed by atoms with Gasteiger partial charge in [0.25, 0.3) is 0 Å². The second-order valence-corrected chi connectivity index (χ2v) is 4.76. The van der Waals surface area contributed by atoms with Crippen LogP contribution in [-0.4, -0.2) is 25.5 Å². The van der Waals surface area contributed by atoms with Gasteiger partial charge < -0.3 is 16.0 Å². The fraction of sp³-hybridized carbons (Fsp3) is 0.500. The molecule has 1 aromatic carbocycles. The Balaban J connectivity index is 2.37. The third kappa shape index (κ3) is 2.71. The standard InChI is InChI=1S/C14H20FN3O/c1-17-14(19)13-6-2-3-8-18(13)12-7-4-5-11(15)10(12)9-16/h4-5,7,13H,2-3,6,8-9,16H2,1H3,(H,17,19). The minimum Gasteiger partial charge on any atom is -0.359 e. The highest BCUT2D eigenvalue weighted by atomic mass is 19.1. The molecule has 1 heterocycles. The van der Waals surface area contributed by atoms with Crippen molar-refractivity contribution >= 4 is 11.6 Å². The Hall–Kier alpha value is -1.62. The zero-order valence-corrected chi connectivity index (χ0v) is 11.2. The number of carbonyl (C=O) groups excluding carboxylic acids is 1. The van der Waals surface area contributed by atoms with Crippen LogP contribution in [-0.2, 0) is 11.3 Å². The van der Waals surface area contributed by atoms with Crippen molar-refractivity contribution in [2.24, 2.45) is 5.73 Å². The van der Waals surface area contributed by atoms with E-state index in [-0.39, 0.29) is 24.3 Å². The average Bonchev–Trinajstić information content (AvgIpc) is 2.46. The van der Waals surface area contributed by atoms with Crippen molar-refractivity contribution in [1.82, 2.24) is 5.32 Å². The Kier molecular flexibility index (Phi) is 4.37. The molecule has 0 spiro atoms. The number of carbonyl (C=O) groups is 1. The van der Waals surface area contributed by atoms with Gasteiger partial charge >= 0.3 is 0 Å². The number of nitrogens with zero attached hydrogens (tertiary/aromatic N) is 1. The van der Waals surface area contributed by atoms with Crippen LogP contribution >= 0.6 is 0 Å². The molecule has 1 aliphatic heterocycles. The lowest BCUT2D eigenvalue weighted by Crippen LogP contribution is -2.49. The maximum atomic E-state index is 13.8. The predicted molar refractivity (Wildman–Crippen MR) is 73.3 cm³/mol. The number of benzene rings is 1. The summed E-state index contributed by atoms with van der Waals surface area (Å²) in [6.45, 7) is 0.896. The number of likely N-dealkylation sites (N-methyl/N-ethyl adjacent to an activating group) is 1. The number of nitrogens with one attached hydrogen (secondary N) is 1. The Labute approximate surface area is 112 Å². The van der Waals surface area contributed by atoms with Gasteiger partial charge in [0.05, 0.1) is 0 Å². The van der Waals surface area contributed by atoms with Crippen LogP contribution in [0.15, 0.2) is 18.2 Å². The number of piperidine rings is 1. The molecule has 104 valence electrons. The van der Waals surface area contributed by atoms with Crippen molar-refractivity contribution in [1.29, 1.82) is 0 Å². The predicted octanol–water partition coefficient (Wildman–Crippen LogP) is 1.39. The molecular weight excluding hydrogens is 245 g/mol. The van der Waals surface area contributed by atoms with E-state index >= 15 is 0 Å². The normalized spacial score (nSPS) is 19.3. The van der Waals surface area contributed by atoms with Gasteiger partial charge in [-0.1, -0.05) is 6.07 Å². The van der Waals surface area contributed by atoms with Gasteiger partial charge in [0, 0.05) is 31.4 Å². The third-order valence-electron chi connectivity index (χ3n) is 3.66. The summed E-state index contributed by atoms with van der Waals surface area (Å²) in [4.78, 5) is 13.9. The highest BCUT2D eigenvalue weighted by Gasteiger charge is 2.29. The highest BCUT2D eigenvalue weighted by Crippen LogP contribution is 2.29. The number of halogens is 1. The van der Waals surface area contributed by atoms with Crippen LogP contribution in [0.5, 0.6) is 0 Å². The summed E-state index contributed by atoms with van der Waals surface area (Å²) < 4.78 is 13.8. The second kappa shape index (κ2) is 6.02.